The molecule has 0 aliphatic carbocycles. The first-order valence-corrected chi connectivity index (χ1v) is 7.31. The normalized spacial score (nSPS) is 24.1. The average molecular weight is 294 g/mol. The van der Waals surface area contributed by atoms with Crippen LogP contribution in [-0.4, -0.2) is 49.0 Å². The summed E-state index contributed by atoms with van der Waals surface area (Å²) in [6.45, 7) is 6.07. The van der Waals surface area contributed by atoms with Crippen molar-refractivity contribution in [3.8, 4) is 0 Å². The first-order valence-electron chi connectivity index (χ1n) is 7.31. The second-order valence-electron chi connectivity index (χ2n) is 5.46. The lowest BCUT2D eigenvalue weighted by molar-refractivity contribution is -0.151. The highest BCUT2D eigenvalue weighted by atomic mass is 16.2. The zero-order valence-corrected chi connectivity index (χ0v) is 12.9. The van der Waals surface area contributed by atoms with Gasteiger partial charge >= 0.3 is 0 Å². The number of carbonyl (C=O) groups is 2. The van der Waals surface area contributed by atoms with Crippen LogP contribution in [0.5, 0.6) is 0 Å². The zero-order valence-electron chi connectivity index (χ0n) is 12.9. The van der Waals surface area contributed by atoms with E-state index < -0.39 is 12.1 Å². The summed E-state index contributed by atoms with van der Waals surface area (Å²) in [6.07, 6.45) is 1.38. The summed E-state index contributed by atoms with van der Waals surface area (Å²) in [5.74, 6) is 0.369. The molecule has 0 spiro atoms. The number of piperazine rings is 1. The molecule has 0 bridgehead atoms. The number of carbonyl (C=O) groups excluding carboxylic acids is 2. The van der Waals surface area contributed by atoms with E-state index in [1.807, 2.05) is 20.8 Å². The maximum atomic E-state index is 12.7. The third kappa shape index (κ3) is 3.03. The van der Waals surface area contributed by atoms with Gasteiger partial charge in [-0.15, -0.1) is 10.2 Å². The molecule has 2 amide bonds. The number of hydrogen-bond donors (Lipinski definition) is 1. The van der Waals surface area contributed by atoms with Crippen molar-refractivity contribution in [3.05, 3.63) is 5.82 Å². The molecule has 3 unspecified atom stereocenters. The average Bonchev–Trinajstić information content (AvgIpc) is 2.87. The number of tetrazole rings is 1. The minimum Gasteiger partial charge on any atom is -0.342 e. The molecule has 1 aromatic rings. The van der Waals surface area contributed by atoms with Gasteiger partial charge in [0, 0.05) is 0 Å². The van der Waals surface area contributed by atoms with Crippen LogP contribution < -0.4 is 5.32 Å². The first-order chi connectivity index (χ1) is 9.97. The Morgan fingerprint density at radius 1 is 1.33 bits per heavy atom. The van der Waals surface area contributed by atoms with Gasteiger partial charge in [0.2, 0.25) is 11.8 Å². The predicted octanol–water partition coefficient (Wildman–Crippen LogP) is -0.138. The van der Waals surface area contributed by atoms with Crippen LogP contribution in [-0.2, 0) is 23.2 Å². The second-order valence-corrected chi connectivity index (χ2v) is 5.46. The van der Waals surface area contributed by atoms with E-state index in [0.29, 0.717) is 12.2 Å². The topological polar surface area (TPSA) is 93.0 Å². The lowest BCUT2D eigenvalue weighted by Gasteiger charge is -2.39. The van der Waals surface area contributed by atoms with Crippen molar-refractivity contribution in [1.29, 1.82) is 0 Å². The van der Waals surface area contributed by atoms with Crippen molar-refractivity contribution in [2.24, 2.45) is 13.0 Å². The number of nitrogens with zero attached hydrogens (tertiary/aromatic N) is 5. The molecule has 1 aliphatic rings. The molecule has 0 radical (unpaired) electrons. The Morgan fingerprint density at radius 2 is 2.05 bits per heavy atom. The molecule has 116 valence electrons. The fourth-order valence-electron chi connectivity index (χ4n) is 2.54. The molecule has 8 nitrogen and oxygen atoms in total. The van der Waals surface area contributed by atoms with Crippen LogP contribution in [0.3, 0.4) is 0 Å². The summed E-state index contributed by atoms with van der Waals surface area (Å²) in [5.41, 5.74) is 0. The SMILES string of the molecule is CCC(C)C1NC(=O)C(CC)N(Cc2nnn(C)n2)C1=O. The second kappa shape index (κ2) is 6.19. The summed E-state index contributed by atoms with van der Waals surface area (Å²) in [6, 6.07) is -0.941. The molecule has 1 aromatic heterocycles. The van der Waals surface area contributed by atoms with Crippen molar-refractivity contribution in [3.63, 3.8) is 0 Å². The summed E-state index contributed by atoms with van der Waals surface area (Å²) < 4.78 is 0. The monoisotopic (exact) mass is 294 g/mol. The fourth-order valence-corrected chi connectivity index (χ4v) is 2.54. The predicted molar refractivity (Wildman–Crippen MR) is 74.8 cm³/mol. The van der Waals surface area contributed by atoms with Gasteiger partial charge in [-0.25, -0.2) is 0 Å². The Labute approximate surface area is 123 Å². The standard InChI is InChI=1S/C13H22N6O2/c1-5-8(3)11-13(21)19(9(6-2)12(20)14-11)7-10-15-17-18(4)16-10/h8-9,11H,5-7H2,1-4H3,(H,14,20). The van der Waals surface area contributed by atoms with E-state index in [4.69, 9.17) is 0 Å². The van der Waals surface area contributed by atoms with Crippen molar-refractivity contribution in [1.82, 2.24) is 30.4 Å². The Morgan fingerprint density at radius 3 is 2.57 bits per heavy atom. The largest absolute Gasteiger partial charge is 0.342 e. The van der Waals surface area contributed by atoms with E-state index in [0.717, 1.165) is 6.42 Å². The molecule has 1 saturated heterocycles. The van der Waals surface area contributed by atoms with Crippen LogP contribution >= 0.6 is 0 Å². The van der Waals surface area contributed by atoms with Gasteiger partial charge in [0.15, 0.2) is 5.82 Å². The Hall–Kier alpha value is -1.99. The van der Waals surface area contributed by atoms with E-state index in [9.17, 15) is 9.59 Å². The number of rotatable bonds is 5. The molecule has 1 N–H and O–H groups in total. The Kier molecular flexibility index (Phi) is 4.54. The molecule has 1 fully saturated rings. The van der Waals surface area contributed by atoms with Crippen molar-refractivity contribution >= 4 is 11.8 Å². The minimum atomic E-state index is -0.471. The molecule has 0 saturated carbocycles. The van der Waals surface area contributed by atoms with Crippen LogP contribution in [0.25, 0.3) is 0 Å². The summed E-state index contributed by atoms with van der Waals surface area (Å²) in [4.78, 5) is 27.8. The highest BCUT2D eigenvalue weighted by Gasteiger charge is 2.41. The Bertz CT molecular complexity index is 528. The third-order valence-electron chi connectivity index (χ3n) is 3.99. The molecule has 2 heterocycles. The molecular weight excluding hydrogens is 272 g/mol. The molecule has 0 aromatic carbocycles. The van der Waals surface area contributed by atoms with Gasteiger partial charge < -0.3 is 10.2 Å². The van der Waals surface area contributed by atoms with Crippen LogP contribution in [0, 0.1) is 5.92 Å². The molecule has 1 aliphatic heterocycles. The third-order valence-corrected chi connectivity index (χ3v) is 3.99. The Balaban J connectivity index is 2.24. The van der Waals surface area contributed by atoms with Gasteiger partial charge in [0.1, 0.15) is 12.1 Å². The van der Waals surface area contributed by atoms with Crippen LogP contribution in [0.4, 0.5) is 0 Å². The van der Waals surface area contributed by atoms with Gasteiger partial charge in [-0.1, -0.05) is 27.2 Å². The van der Waals surface area contributed by atoms with E-state index in [-0.39, 0.29) is 24.3 Å². The number of nitrogens with one attached hydrogen (secondary N) is 1. The number of amides is 2. The molecule has 8 heteroatoms. The van der Waals surface area contributed by atoms with Crippen LogP contribution in [0.15, 0.2) is 0 Å². The lowest BCUT2D eigenvalue weighted by atomic mass is 9.93. The van der Waals surface area contributed by atoms with E-state index >= 15 is 0 Å². The lowest BCUT2D eigenvalue weighted by Crippen LogP contribution is -2.64. The number of aromatic nitrogens is 4. The zero-order chi connectivity index (χ0) is 15.6. The maximum absolute atomic E-state index is 12.7. The van der Waals surface area contributed by atoms with Crippen molar-refractivity contribution in [2.75, 3.05) is 0 Å². The van der Waals surface area contributed by atoms with E-state index in [1.165, 1.54) is 4.80 Å². The number of hydrogen-bond acceptors (Lipinski definition) is 5. The quantitative estimate of drug-likeness (QED) is 0.816. The van der Waals surface area contributed by atoms with Crippen LogP contribution in [0.1, 0.15) is 39.4 Å². The van der Waals surface area contributed by atoms with E-state index in [1.54, 1.807) is 11.9 Å². The van der Waals surface area contributed by atoms with E-state index in [2.05, 4.69) is 20.7 Å². The van der Waals surface area contributed by atoms with Crippen molar-refractivity contribution < 1.29 is 9.59 Å². The summed E-state index contributed by atoms with van der Waals surface area (Å²) in [5, 5.41) is 14.6. The smallest absolute Gasteiger partial charge is 0.246 e. The van der Waals surface area contributed by atoms with Gasteiger partial charge in [0.25, 0.3) is 0 Å². The van der Waals surface area contributed by atoms with Crippen molar-refractivity contribution in [2.45, 2.75) is 52.2 Å². The summed E-state index contributed by atoms with van der Waals surface area (Å²) in [7, 11) is 1.67. The van der Waals surface area contributed by atoms with Gasteiger partial charge in [-0.2, -0.15) is 4.80 Å². The fraction of sp³-hybridized carbons (Fsp3) is 0.769. The number of aryl methyl sites for hydroxylation is 1. The van der Waals surface area contributed by atoms with Gasteiger partial charge in [-0.05, 0) is 17.6 Å². The summed E-state index contributed by atoms with van der Waals surface area (Å²) >= 11 is 0. The van der Waals surface area contributed by atoms with Gasteiger partial charge in [0.05, 0.1) is 13.6 Å². The highest BCUT2D eigenvalue weighted by molar-refractivity contribution is 5.97. The molecule has 3 atom stereocenters. The highest BCUT2D eigenvalue weighted by Crippen LogP contribution is 2.20. The van der Waals surface area contributed by atoms with Crippen LogP contribution in [0.2, 0.25) is 0 Å². The molecule has 2 rings (SSSR count). The van der Waals surface area contributed by atoms with Gasteiger partial charge in [-0.3, -0.25) is 9.59 Å². The molecular formula is C13H22N6O2. The first kappa shape index (κ1) is 15.4. The maximum Gasteiger partial charge on any atom is 0.246 e. The minimum absolute atomic E-state index is 0.0664. The molecule has 21 heavy (non-hydrogen) atoms.